The Kier molecular flexibility index (Phi) is 6.07. The summed E-state index contributed by atoms with van der Waals surface area (Å²) in [5.41, 5.74) is 3.15. The van der Waals surface area contributed by atoms with E-state index in [2.05, 4.69) is 17.0 Å². The molecule has 3 aromatic rings. The molecule has 0 aliphatic carbocycles. The Balaban J connectivity index is 1.59. The second kappa shape index (κ2) is 8.73. The summed E-state index contributed by atoms with van der Waals surface area (Å²) in [6.07, 6.45) is 2.70. The monoisotopic (exact) mass is 431 g/mol. The Morgan fingerprint density at radius 3 is 2.10 bits per heavy atom. The fourth-order valence-electron chi connectivity index (χ4n) is 4.16. The number of hydrogen-bond donors (Lipinski definition) is 0. The van der Waals surface area contributed by atoms with Crippen molar-refractivity contribution in [3.63, 3.8) is 0 Å². The van der Waals surface area contributed by atoms with Crippen LogP contribution in [0.25, 0.3) is 0 Å². The highest BCUT2D eigenvalue weighted by Crippen LogP contribution is 2.38. The van der Waals surface area contributed by atoms with Crippen LogP contribution in [0.1, 0.15) is 30.0 Å². The fraction of sp³-hybridized carbons (Fsp3) is 0.250. The number of rotatable bonds is 4. The average Bonchev–Trinajstić information content (AvgIpc) is 2.72. The Morgan fingerprint density at radius 1 is 0.793 bits per heavy atom. The molecular formula is C24H21Cl2F2N. The van der Waals surface area contributed by atoms with Gasteiger partial charge in [0.15, 0.2) is 11.6 Å². The molecular weight excluding hydrogens is 411 g/mol. The van der Waals surface area contributed by atoms with Crippen molar-refractivity contribution in [2.24, 2.45) is 5.92 Å². The minimum absolute atomic E-state index is 0.231. The summed E-state index contributed by atoms with van der Waals surface area (Å²) < 4.78 is 26.9. The third-order valence-corrected chi connectivity index (χ3v) is 6.10. The molecule has 1 aliphatic heterocycles. The number of nitrogens with zero attached hydrogens (tertiary/aromatic N) is 1. The van der Waals surface area contributed by atoms with E-state index in [1.807, 2.05) is 36.4 Å². The van der Waals surface area contributed by atoms with E-state index in [0.29, 0.717) is 17.4 Å². The van der Waals surface area contributed by atoms with Gasteiger partial charge in [-0.2, -0.15) is 0 Å². The second-order valence-corrected chi connectivity index (χ2v) is 8.46. The lowest BCUT2D eigenvalue weighted by Crippen LogP contribution is -2.39. The quantitative estimate of drug-likeness (QED) is 0.413. The zero-order valence-electron chi connectivity index (χ0n) is 15.8. The summed E-state index contributed by atoms with van der Waals surface area (Å²) >= 11 is 12.2. The van der Waals surface area contributed by atoms with E-state index < -0.39 is 11.6 Å². The summed E-state index contributed by atoms with van der Waals surface area (Å²) in [6.45, 7) is 0.827. The van der Waals surface area contributed by atoms with Crippen LogP contribution in [0.15, 0.2) is 66.7 Å². The number of piperidine rings is 1. The molecule has 4 rings (SSSR count). The third-order valence-electron chi connectivity index (χ3n) is 5.60. The Labute approximate surface area is 179 Å². The lowest BCUT2D eigenvalue weighted by atomic mass is 9.85. The highest BCUT2D eigenvalue weighted by molar-refractivity contribution is 6.30. The van der Waals surface area contributed by atoms with Gasteiger partial charge in [-0.25, -0.2) is 8.78 Å². The molecule has 0 aromatic heterocycles. The van der Waals surface area contributed by atoms with Gasteiger partial charge in [-0.05, 0) is 84.8 Å². The first-order valence-electron chi connectivity index (χ1n) is 9.71. The highest BCUT2D eigenvalue weighted by atomic mass is 35.5. The van der Waals surface area contributed by atoms with Crippen molar-refractivity contribution in [1.82, 2.24) is 0 Å². The standard InChI is InChI=1S/C24H21Cl2F2N/c25-19-5-3-18(4-6-19)24-12-2-17(13-16-1-11-22(27)23(28)14-16)15-29(24)21-9-7-20(26)8-10-21/h1,3-11,14,17,24H,2,12-13,15H2/t17-,24-/m0/s1. The van der Waals surface area contributed by atoms with Gasteiger partial charge in [0.05, 0.1) is 6.04 Å². The Hall–Kier alpha value is -2.10. The van der Waals surface area contributed by atoms with Gasteiger partial charge < -0.3 is 4.90 Å². The zero-order valence-corrected chi connectivity index (χ0v) is 17.3. The molecule has 5 heteroatoms. The van der Waals surface area contributed by atoms with E-state index in [1.165, 1.54) is 17.7 Å². The van der Waals surface area contributed by atoms with E-state index >= 15 is 0 Å². The topological polar surface area (TPSA) is 3.24 Å². The van der Waals surface area contributed by atoms with Gasteiger partial charge in [-0.3, -0.25) is 0 Å². The molecule has 150 valence electrons. The van der Waals surface area contributed by atoms with Gasteiger partial charge in [0.2, 0.25) is 0 Å². The highest BCUT2D eigenvalue weighted by Gasteiger charge is 2.30. The van der Waals surface area contributed by atoms with Crippen LogP contribution in [0.3, 0.4) is 0 Å². The molecule has 1 nitrogen and oxygen atoms in total. The maximum atomic E-state index is 13.6. The first-order chi connectivity index (χ1) is 14.0. The first-order valence-corrected chi connectivity index (χ1v) is 10.5. The molecule has 1 heterocycles. The van der Waals surface area contributed by atoms with E-state index in [1.54, 1.807) is 6.07 Å². The molecule has 1 saturated heterocycles. The molecule has 0 spiro atoms. The van der Waals surface area contributed by atoms with Crippen LogP contribution in [-0.2, 0) is 6.42 Å². The average molecular weight is 432 g/mol. The maximum Gasteiger partial charge on any atom is 0.159 e. The van der Waals surface area contributed by atoms with Crippen LogP contribution < -0.4 is 4.90 Å². The summed E-state index contributed by atoms with van der Waals surface area (Å²) in [7, 11) is 0. The molecule has 0 unspecified atom stereocenters. The predicted octanol–water partition coefficient (Wildman–Crippen LogP) is 7.47. The molecule has 29 heavy (non-hydrogen) atoms. The molecule has 2 atom stereocenters. The SMILES string of the molecule is Fc1ccc(C[C@@H]2CC[C@@H](c3ccc(Cl)cc3)N(c3ccc(Cl)cc3)C2)cc1F. The minimum Gasteiger partial charge on any atom is -0.364 e. The van der Waals surface area contributed by atoms with Gasteiger partial charge in [0, 0.05) is 22.3 Å². The Bertz CT molecular complexity index is 973. The molecule has 0 amide bonds. The molecule has 0 N–H and O–H groups in total. The largest absolute Gasteiger partial charge is 0.364 e. The summed E-state index contributed by atoms with van der Waals surface area (Å²) in [4.78, 5) is 2.38. The maximum absolute atomic E-state index is 13.6. The van der Waals surface area contributed by atoms with Crippen LogP contribution >= 0.6 is 23.2 Å². The minimum atomic E-state index is -0.803. The van der Waals surface area contributed by atoms with E-state index in [-0.39, 0.29) is 6.04 Å². The van der Waals surface area contributed by atoms with E-state index in [0.717, 1.165) is 35.7 Å². The Morgan fingerprint density at radius 2 is 1.45 bits per heavy atom. The summed E-state index contributed by atoms with van der Waals surface area (Å²) in [6, 6.07) is 20.3. The van der Waals surface area contributed by atoms with Crippen LogP contribution in [0.4, 0.5) is 14.5 Å². The lowest BCUT2D eigenvalue weighted by Gasteiger charge is -2.42. The lowest BCUT2D eigenvalue weighted by molar-refractivity contribution is 0.357. The smallest absolute Gasteiger partial charge is 0.159 e. The van der Waals surface area contributed by atoms with Crippen molar-refractivity contribution in [2.45, 2.75) is 25.3 Å². The zero-order chi connectivity index (χ0) is 20.4. The molecule has 1 fully saturated rings. The normalized spacial score (nSPS) is 19.4. The van der Waals surface area contributed by atoms with Crippen molar-refractivity contribution in [1.29, 1.82) is 0 Å². The van der Waals surface area contributed by atoms with Crippen molar-refractivity contribution in [3.05, 3.63) is 99.5 Å². The molecule has 0 radical (unpaired) electrons. The van der Waals surface area contributed by atoms with Gasteiger partial charge >= 0.3 is 0 Å². The van der Waals surface area contributed by atoms with Crippen molar-refractivity contribution < 1.29 is 8.78 Å². The number of anilines is 1. The van der Waals surface area contributed by atoms with Crippen LogP contribution in [-0.4, -0.2) is 6.54 Å². The first kappa shape index (κ1) is 20.2. The van der Waals surface area contributed by atoms with Gasteiger partial charge in [-0.1, -0.05) is 41.4 Å². The second-order valence-electron chi connectivity index (χ2n) is 7.59. The van der Waals surface area contributed by atoms with E-state index in [9.17, 15) is 8.78 Å². The van der Waals surface area contributed by atoms with Gasteiger partial charge in [-0.15, -0.1) is 0 Å². The number of hydrogen-bond acceptors (Lipinski definition) is 1. The number of halogens is 4. The van der Waals surface area contributed by atoms with Crippen LogP contribution in [0.2, 0.25) is 10.0 Å². The van der Waals surface area contributed by atoms with Crippen molar-refractivity contribution in [2.75, 3.05) is 11.4 Å². The molecule has 1 aliphatic rings. The van der Waals surface area contributed by atoms with Crippen LogP contribution in [0, 0.1) is 17.6 Å². The summed E-state index contributed by atoms with van der Waals surface area (Å²) in [5.74, 6) is -1.24. The van der Waals surface area contributed by atoms with Crippen molar-refractivity contribution >= 4 is 28.9 Å². The van der Waals surface area contributed by atoms with E-state index in [4.69, 9.17) is 23.2 Å². The molecule has 0 bridgehead atoms. The van der Waals surface area contributed by atoms with Gasteiger partial charge in [0.1, 0.15) is 0 Å². The number of benzene rings is 3. The third kappa shape index (κ3) is 4.73. The van der Waals surface area contributed by atoms with Crippen molar-refractivity contribution in [3.8, 4) is 0 Å². The fourth-order valence-corrected chi connectivity index (χ4v) is 4.41. The van der Waals surface area contributed by atoms with Crippen LogP contribution in [0.5, 0.6) is 0 Å². The van der Waals surface area contributed by atoms with Gasteiger partial charge in [0.25, 0.3) is 0 Å². The molecule has 0 saturated carbocycles. The summed E-state index contributed by atoms with van der Waals surface area (Å²) in [5, 5.41) is 1.42. The predicted molar refractivity (Wildman–Crippen MR) is 116 cm³/mol. The molecule has 3 aromatic carbocycles.